The predicted octanol–water partition coefficient (Wildman–Crippen LogP) is 5.10. The number of ether oxygens (including phenoxy) is 1. The highest BCUT2D eigenvalue weighted by Crippen LogP contribution is 2.44. The topological polar surface area (TPSA) is 55.8 Å². The maximum atomic E-state index is 12.3. The molecule has 3 aromatic rings. The van der Waals surface area contributed by atoms with Gasteiger partial charge in [-0.15, -0.1) is 0 Å². The smallest absolute Gasteiger partial charge is 0.319 e. The summed E-state index contributed by atoms with van der Waals surface area (Å²) >= 11 is 0. The van der Waals surface area contributed by atoms with E-state index in [2.05, 4.69) is 69.3 Å². The maximum absolute atomic E-state index is 12.3. The van der Waals surface area contributed by atoms with Crippen LogP contribution in [0.15, 0.2) is 78.9 Å². The van der Waals surface area contributed by atoms with Crippen LogP contribution < -0.4 is 14.8 Å². The Bertz CT molecular complexity index is 1110. The van der Waals surface area contributed by atoms with E-state index < -0.39 is 13.9 Å². The Morgan fingerprint density at radius 1 is 0.943 bits per heavy atom. The maximum Gasteiger partial charge on any atom is 0.319 e. The number of fused-ring (bicyclic) bond motifs is 1. The van der Waals surface area contributed by atoms with Crippen LogP contribution in [-0.2, 0) is 21.6 Å². The summed E-state index contributed by atoms with van der Waals surface area (Å²) in [6.07, 6.45) is 2.07. The number of rotatable bonds is 7. The average molecular weight is 489 g/mol. The van der Waals surface area contributed by atoms with Crippen molar-refractivity contribution in [2.75, 3.05) is 6.61 Å². The zero-order valence-electron chi connectivity index (χ0n) is 21.2. The van der Waals surface area contributed by atoms with E-state index in [4.69, 9.17) is 9.16 Å². The lowest BCUT2D eigenvalue weighted by Crippen LogP contribution is -2.69. The molecule has 0 aromatic heterocycles. The fourth-order valence-corrected chi connectivity index (χ4v) is 9.95. The summed E-state index contributed by atoms with van der Waals surface area (Å²) < 4.78 is 12.5. The van der Waals surface area contributed by atoms with E-state index >= 15 is 0 Å². The monoisotopic (exact) mass is 488 g/mol. The average Bonchev–Trinajstić information content (AvgIpc) is 2.83. The molecule has 3 aromatic carbocycles. The molecule has 1 N–H and O–H groups in total. The molecule has 0 saturated carbocycles. The molecule has 184 valence electrons. The SMILES string of the molecule is CCOC(=O)CC1(O)CCCc2c(O[Si](c3ccccc3)(c3ccccc3)C(C)(C)C)cccc21. The van der Waals surface area contributed by atoms with E-state index in [1.165, 1.54) is 10.4 Å². The van der Waals surface area contributed by atoms with Crippen molar-refractivity contribution in [1.82, 2.24) is 0 Å². The number of hydrogen-bond donors (Lipinski definition) is 1. The van der Waals surface area contributed by atoms with Gasteiger partial charge in [0.2, 0.25) is 0 Å². The minimum atomic E-state index is -2.81. The van der Waals surface area contributed by atoms with E-state index in [1.807, 2.05) is 30.3 Å². The zero-order chi connectivity index (χ0) is 25.1. The van der Waals surface area contributed by atoms with Crippen LogP contribution in [0.4, 0.5) is 0 Å². The molecule has 1 unspecified atom stereocenters. The minimum absolute atomic E-state index is 0.0451. The Labute approximate surface area is 210 Å². The summed E-state index contributed by atoms with van der Waals surface area (Å²) in [5, 5.41) is 13.8. The van der Waals surface area contributed by atoms with Crippen LogP contribution in [0, 0.1) is 0 Å². The van der Waals surface area contributed by atoms with Crippen LogP contribution in [0.25, 0.3) is 0 Å². The van der Waals surface area contributed by atoms with Crippen LogP contribution in [0.1, 0.15) is 58.1 Å². The summed E-state index contributed by atoms with van der Waals surface area (Å²) in [4.78, 5) is 12.3. The van der Waals surface area contributed by atoms with E-state index in [1.54, 1.807) is 6.92 Å². The quantitative estimate of drug-likeness (QED) is 0.371. The molecule has 0 saturated heterocycles. The lowest BCUT2D eigenvalue weighted by Gasteiger charge is -2.44. The van der Waals surface area contributed by atoms with Gasteiger partial charge in [0.25, 0.3) is 0 Å². The third-order valence-corrected chi connectivity index (χ3v) is 12.0. The molecule has 1 atom stereocenters. The standard InChI is InChI=1S/C30H36O4Si/c1-5-33-28(31)22-30(32)21-13-18-25-26(30)19-12-20-27(25)34-35(29(2,3)4,23-14-8-6-9-15-23)24-16-10-7-11-17-24/h6-12,14-17,19-20,32H,5,13,18,21-22H2,1-4H3. The van der Waals surface area contributed by atoms with Gasteiger partial charge in [-0.1, -0.05) is 93.6 Å². The van der Waals surface area contributed by atoms with Crippen LogP contribution >= 0.6 is 0 Å². The number of aliphatic hydroxyl groups is 1. The molecule has 0 radical (unpaired) electrons. The van der Waals surface area contributed by atoms with Crippen molar-refractivity contribution in [2.24, 2.45) is 0 Å². The molecular weight excluding hydrogens is 452 g/mol. The molecule has 4 nitrogen and oxygen atoms in total. The Morgan fingerprint density at radius 2 is 1.54 bits per heavy atom. The van der Waals surface area contributed by atoms with Crippen molar-refractivity contribution < 1.29 is 19.1 Å². The van der Waals surface area contributed by atoms with E-state index in [-0.39, 0.29) is 17.4 Å². The van der Waals surface area contributed by atoms with Crippen LogP contribution in [0.5, 0.6) is 5.75 Å². The van der Waals surface area contributed by atoms with Crippen molar-refractivity contribution in [2.45, 2.75) is 64.0 Å². The molecule has 0 fully saturated rings. The number of carbonyl (C=O) groups excluding carboxylic acids is 1. The van der Waals surface area contributed by atoms with Crippen molar-refractivity contribution in [3.63, 3.8) is 0 Å². The zero-order valence-corrected chi connectivity index (χ0v) is 22.2. The highest BCUT2D eigenvalue weighted by Gasteiger charge is 2.52. The van der Waals surface area contributed by atoms with Crippen LogP contribution in [0.2, 0.25) is 5.04 Å². The van der Waals surface area contributed by atoms with Gasteiger partial charge in [-0.25, -0.2) is 0 Å². The summed E-state index contributed by atoms with van der Waals surface area (Å²) in [5.41, 5.74) is 0.538. The molecule has 0 spiro atoms. The van der Waals surface area contributed by atoms with Gasteiger partial charge in [0.1, 0.15) is 11.4 Å². The molecule has 35 heavy (non-hydrogen) atoms. The fraction of sp³-hybridized carbons (Fsp3) is 0.367. The van der Waals surface area contributed by atoms with Crippen molar-refractivity contribution in [1.29, 1.82) is 0 Å². The Hall–Kier alpha value is -2.89. The number of benzene rings is 3. The first-order chi connectivity index (χ1) is 16.7. The highest BCUT2D eigenvalue weighted by atomic mass is 28.4. The molecule has 1 aliphatic rings. The summed E-state index contributed by atoms with van der Waals surface area (Å²) in [5.74, 6) is 0.430. The normalized spacial score (nSPS) is 18.0. The third-order valence-electron chi connectivity index (χ3n) is 7.07. The second kappa shape index (κ2) is 10.00. The van der Waals surface area contributed by atoms with Crippen molar-refractivity contribution in [3.8, 4) is 5.75 Å². The van der Waals surface area contributed by atoms with Crippen molar-refractivity contribution in [3.05, 3.63) is 90.0 Å². The molecule has 0 amide bonds. The van der Waals surface area contributed by atoms with Gasteiger partial charge in [0.05, 0.1) is 13.0 Å². The molecule has 0 aliphatic heterocycles. The van der Waals surface area contributed by atoms with Gasteiger partial charge < -0.3 is 14.3 Å². The van der Waals surface area contributed by atoms with Gasteiger partial charge in [-0.3, -0.25) is 4.79 Å². The molecular formula is C30H36O4Si. The summed E-state index contributed by atoms with van der Waals surface area (Å²) in [6.45, 7) is 8.86. The number of carbonyl (C=O) groups is 1. The number of esters is 1. The van der Waals surface area contributed by atoms with Crippen LogP contribution in [0.3, 0.4) is 0 Å². The predicted molar refractivity (Wildman–Crippen MR) is 143 cm³/mol. The van der Waals surface area contributed by atoms with E-state index in [0.29, 0.717) is 13.0 Å². The largest absolute Gasteiger partial charge is 0.534 e. The highest BCUT2D eigenvalue weighted by molar-refractivity contribution is 7.00. The van der Waals surface area contributed by atoms with Crippen molar-refractivity contribution >= 4 is 24.7 Å². The van der Waals surface area contributed by atoms with Crippen LogP contribution in [-0.4, -0.2) is 26.0 Å². The first kappa shape index (κ1) is 25.2. The molecule has 4 rings (SSSR count). The van der Waals surface area contributed by atoms with Gasteiger partial charge >= 0.3 is 14.3 Å². The third kappa shape index (κ3) is 4.80. The lowest BCUT2D eigenvalue weighted by molar-refractivity contribution is -0.149. The Morgan fingerprint density at radius 3 is 2.09 bits per heavy atom. The lowest BCUT2D eigenvalue weighted by atomic mass is 9.77. The van der Waals surface area contributed by atoms with E-state index in [9.17, 15) is 9.90 Å². The first-order valence-corrected chi connectivity index (χ1v) is 14.4. The Balaban J connectivity index is 1.87. The van der Waals surface area contributed by atoms with Gasteiger partial charge in [-0.05, 0) is 58.8 Å². The molecule has 0 heterocycles. The molecule has 1 aliphatic carbocycles. The van der Waals surface area contributed by atoms with Gasteiger partial charge in [-0.2, -0.15) is 0 Å². The number of hydrogen-bond acceptors (Lipinski definition) is 4. The fourth-order valence-electron chi connectivity index (χ4n) is 5.50. The second-order valence-corrected chi connectivity index (χ2v) is 14.6. The molecule has 5 heteroatoms. The molecule has 0 bridgehead atoms. The van der Waals surface area contributed by atoms with Gasteiger partial charge in [0, 0.05) is 0 Å². The Kier molecular flexibility index (Phi) is 7.20. The van der Waals surface area contributed by atoms with Gasteiger partial charge in [0.15, 0.2) is 0 Å². The first-order valence-electron chi connectivity index (χ1n) is 12.5. The summed E-state index contributed by atoms with van der Waals surface area (Å²) in [6, 6.07) is 27.0. The summed E-state index contributed by atoms with van der Waals surface area (Å²) in [7, 11) is -2.81. The second-order valence-electron chi connectivity index (χ2n) is 10.4. The van der Waals surface area contributed by atoms with E-state index in [0.717, 1.165) is 29.7 Å². The minimum Gasteiger partial charge on any atom is -0.534 e.